The molecule has 2 heterocycles. The number of aromatic nitrogens is 2. The highest BCUT2D eigenvalue weighted by molar-refractivity contribution is 9.10. The predicted octanol–water partition coefficient (Wildman–Crippen LogP) is 2.29. The number of fused-ring (bicyclic) bond motifs is 1. The molecule has 1 aromatic carbocycles. The number of hydrogen-bond donors (Lipinski definition) is 2. The summed E-state index contributed by atoms with van der Waals surface area (Å²) < 4.78 is 2.67. The van der Waals surface area contributed by atoms with Crippen molar-refractivity contribution in [3.63, 3.8) is 0 Å². The van der Waals surface area contributed by atoms with E-state index in [-0.39, 0.29) is 11.6 Å². The minimum atomic E-state index is -0.407. The highest BCUT2D eigenvalue weighted by Gasteiger charge is 2.28. The molecule has 1 saturated heterocycles. The molecule has 2 N–H and O–H groups in total. The summed E-state index contributed by atoms with van der Waals surface area (Å²) in [5, 5.41) is 14.1. The van der Waals surface area contributed by atoms with Crippen LogP contribution in [0.1, 0.15) is 38.6 Å². The van der Waals surface area contributed by atoms with Gasteiger partial charge in [0.1, 0.15) is 5.82 Å². The van der Waals surface area contributed by atoms with Crippen LogP contribution in [0.4, 0.5) is 0 Å². The Hall–Kier alpha value is -1.28. The second-order valence-electron chi connectivity index (χ2n) is 6.84. The summed E-state index contributed by atoms with van der Waals surface area (Å²) in [6.07, 6.45) is 1.49. The van der Waals surface area contributed by atoms with Gasteiger partial charge in [0.25, 0.3) is 5.56 Å². The van der Waals surface area contributed by atoms with Crippen LogP contribution in [0.25, 0.3) is 10.9 Å². The Kier molecular flexibility index (Phi) is 6.45. The van der Waals surface area contributed by atoms with E-state index >= 15 is 0 Å². The molecule has 3 rings (SSSR count). The first-order valence-electron chi connectivity index (χ1n) is 9.38. The maximum atomic E-state index is 13.1. The molecule has 1 aliphatic rings. The van der Waals surface area contributed by atoms with Crippen LogP contribution in [0.15, 0.2) is 27.5 Å². The lowest BCUT2D eigenvalue weighted by Crippen LogP contribution is -2.39. The standard InChI is InChI=1S/C19H27BrN4O2/c1-3-5-17(23-9-8-21-11-14(25)12-23)18-22-16-7-6-13(20)10-15(16)19(26)24(18)4-2/h6-7,10,14,17,21,25H,3-5,8-9,11-12H2,1-2H3/t14-,17+/m0/s1. The Morgan fingerprint density at radius 1 is 1.42 bits per heavy atom. The molecule has 0 radical (unpaired) electrons. The maximum Gasteiger partial charge on any atom is 0.261 e. The fourth-order valence-electron chi connectivity index (χ4n) is 3.72. The van der Waals surface area contributed by atoms with E-state index in [1.165, 1.54) is 0 Å². The van der Waals surface area contributed by atoms with Crippen molar-refractivity contribution in [3.8, 4) is 0 Å². The Bertz CT molecular complexity index is 823. The zero-order valence-electron chi connectivity index (χ0n) is 15.4. The average Bonchev–Trinajstić information content (AvgIpc) is 2.84. The lowest BCUT2D eigenvalue weighted by atomic mass is 10.1. The molecule has 0 bridgehead atoms. The van der Waals surface area contributed by atoms with Crippen LogP contribution < -0.4 is 10.9 Å². The molecule has 0 unspecified atom stereocenters. The van der Waals surface area contributed by atoms with Gasteiger partial charge >= 0.3 is 0 Å². The zero-order chi connectivity index (χ0) is 18.7. The molecule has 0 spiro atoms. The molecule has 1 fully saturated rings. The number of aliphatic hydroxyl groups is 1. The summed E-state index contributed by atoms with van der Waals surface area (Å²) in [6, 6.07) is 5.68. The smallest absolute Gasteiger partial charge is 0.261 e. The van der Waals surface area contributed by atoms with Gasteiger partial charge in [-0.2, -0.15) is 0 Å². The molecule has 0 saturated carbocycles. The SMILES string of the molecule is CCC[C@H](c1nc2ccc(Br)cc2c(=O)n1CC)N1CCNC[C@H](O)C1. The highest BCUT2D eigenvalue weighted by Crippen LogP contribution is 2.26. The van der Waals surface area contributed by atoms with E-state index < -0.39 is 6.10 Å². The number of nitrogens with zero attached hydrogens (tertiary/aromatic N) is 3. The molecule has 1 aliphatic heterocycles. The number of β-amino-alcohol motifs (C(OH)–C–C–N with tert-alkyl or cyclic N) is 1. The second kappa shape index (κ2) is 8.61. The first-order valence-corrected chi connectivity index (χ1v) is 10.2. The normalized spacial score (nSPS) is 20.2. The molecule has 2 atom stereocenters. The Balaban J connectivity index is 2.12. The van der Waals surface area contributed by atoms with Crippen molar-refractivity contribution in [2.75, 3.05) is 26.2 Å². The minimum Gasteiger partial charge on any atom is -0.390 e. The van der Waals surface area contributed by atoms with E-state index in [4.69, 9.17) is 4.98 Å². The van der Waals surface area contributed by atoms with Crippen molar-refractivity contribution in [3.05, 3.63) is 38.9 Å². The molecule has 1 aromatic heterocycles. The quantitative estimate of drug-likeness (QED) is 0.773. The first-order chi connectivity index (χ1) is 12.5. The van der Waals surface area contributed by atoms with Crippen LogP contribution >= 0.6 is 15.9 Å². The van der Waals surface area contributed by atoms with Gasteiger partial charge in [-0.3, -0.25) is 14.3 Å². The summed E-state index contributed by atoms with van der Waals surface area (Å²) in [5.41, 5.74) is 0.732. The topological polar surface area (TPSA) is 70.4 Å². The van der Waals surface area contributed by atoms with Gasteiger partial charge in [-0.15, -0.1) is 0 Å². The summed E-state index contributed by atoms with van der Waals surface area (Å²) in [4.78, 5) is 20.2. The molecular formula is C19H27BrN4O2. The molecular weight excluding hydrogens is 396 g/mol. The fraction of sp³-hybridized carbons (Fsp3) is 0.579. The molecule has 2 aromatic rings. The number of benzene rings is 1. The van der Waals surface area contributed by atoms with E-state index in [2.05, 4.69) is 33.1 Å². The Labute approximate surface area is 162 Å². The lowest BCUT2D eigenvalue weighted by Gasteiger charge is -2.32. The number of hydrogen-bond acceptors (Lipinski definition) is 5. The van der Waals surface area contributed by atoms with Gasteiger partial charge in [0.2, 0.25) is 0 Å². The number of rotatable bonds is 5. The van der Waals surface area contributed by atoms with Crippen molar-refractivity contribution in [2.24, 2.45) is 0 Å². The van der Waals surface area contributed by atoms with E-state index in [1.807, 2.05) is 25.1 Å². The molecule has 26 heavy (non-hydrogen) atoms. The molecule has 142 valence electrons. The van der Waals surface area contributed by atoms with Gasteiger partial charge in [0.15, 0.2) is 0 Å². The second-order valence-corrected chi connectivity index (χ2v) is 7.75. The van der Waals surface area contributed by atoms with Crippen LogP contribution in [-0.2, 0) is 6.54 Å². The zero-order valence-corrected chi connectivity index (χ0v) is 17.0. The van der Waals surface area contributed by atoms with Crippen LogP contribution in [0.3, 0.4) is 0 Å². The summed E-state index contributed by atoms with van der Waals surface area (Å²) in [5.74, 6) is 0.809. The van der Waals surface area contributed by atoms with Gasteiger partial charge in [-0.1, -0.05) is 29.3 Å². The van der Waals surface area contributed by atoms with Gasteiger partial charge in [0, 0.05) is 37.2 Å². The third kappa shape index (κ3) is 4.01. The molecule has 0 aliphatic carbocycles. The fourth-order valence-corrected chi connectivity index (χ4v) is 4.08. The third-order valence-electron chi connectivity index (χ3n) is 4.96. The average molecular weight is 423 g/mol. The van der Waals surface area contributed by atoms with E-state index in [1.54, 1.807) is 4.57 Å². The molecule has 6 nitrogen and oxygen atoms in total. The first kappa shape index (κ1) is 19.5. The van der Waals surface area contributed by atoms with E-state index in [0.717, 1.165) is 41.7 Å². The summed E-state index contributed by atoms with van der Waals surface area (Å²) in [6.45, 7) is 7.57. The third-order valence-corrected chi connectivity index (χ3v) is 5.46. The van der Waals surface area contributed by atoms with E-state index in [0.29, 0.717) is 25.0 Å². The van der Waals surface area contributed by atoms with Crippen molar-refractivity contribution in [1.29, 1.82) is 0 Å². The summed E-state index contributed by atoms with van der Waals surface area (Å²) >= 11 is 3.44. The molecule has 0 amide bonds. The van der Waals surface area contributed by atoms with Gasteiger partial charge < -0.3 is 10.4 Å². The Morgan fingerprint density at radius 3 is 2.96 bits per heavy atom. The van der Waals surface area contributed by atoms with Crippen LogP contribution in [0.5, 0.6) is 0 Å². The monoisotopic (exact) mass is 422 g/mol. The van der Waals surface area contributed by atoms with Crippen molar-refractivity contribution >= 4 is 26.8 Å². The highest BCUT2D eigenvalue weighted by atomic mass is 79.9. The number of nitrogens with one attached hydrogen (secondary N) is 1. The lowest BCUT2D eigenvalue weighted by molar-refractivity contribution is 0.0971. The number of halogens is 1. The van der Waals surface area contributed by atoms with Crippen LogP contribution in [0.2, 0.25) is 0 Å². The van der Waals surface area contributed by atoms with Crippen molar-refractivity contribution in [1.82, 2.24) is 19.8 Å². The van der Waals surface area contributed by atoms with E-state index in [9.17, 15) is 9.90 Å². The van der Waals surface area contributed by atoms with Crippen molar-refractivity contribution in [2.45, 2.75) is 45.4 Å². The minimum absolute atomic E-state index is 0.00315. The molecule has 7 heteroatoms. The van der Waals surface area contributed by atoms with Crippen LogP contribution in [0, 0.1) is 0 Å². The maximum absolute atomic E-state index is 13.1. The predicted molar refractivity (Wildman–Crippen MR) is 107 cm³/mol. The van der Waals surface area contributed by atoms with Gasteiger partial charge in [0.05, 0.1) is 23.0 Å². The van der Waals surface area contributed by atoms with Crippen molar-refractivity contribution < 1.29 is 5.11 Å². The van der Waals surface area contributed by atoms with Crippen LogP contribution in [-0.4, -0.2) is 51.8 Å². The summed E-state index contributed by atoms with van der Waals surface area (Å²) in [7, 11) is 0. The Morgan fingerprint density at radius 2 is 2.23 bits per heavy atom. The van der Waals surface area contributed by atoms with Gasteiger partial charge in [-0.05, 0) is 31.5 Å². The van der Waals surface area contributed by atoms with Gasteiger partial charge in [-0.25, -0.2) is 4.98 Å². The largest absolute Gasteiger partial charge is 0.390 e. The number of aliphatic hydroxyl groups excluding tert-OH is 1.